The first-order valence-electron chi connectivity index (χ1n) is 14.9. The smallest absolute Gasteiger partial charge is 0.366 e. The van der Waals surface area contributed by atoms with Gasteiger partial charge in [0.2, 0.25) is 5.91 Å². The Hall–Kier alpha value is -5.46. The first-order chi connectivity index (χ1) is 23.9. The SMILES string of the molecule is NC(=O)c1nc2nc(C(Cc3cc(F)cc(F)c3)NC(=O)Cn3nc(C(F)(F)F)c4c3C(F)(F)C3C[C@H]43)c(-c3ccc(F)c(C(N)=O)c3)cc2s1. The Morgan fingerprint density at radius 1 is 1.00 bits per heavy atom. The highest BCUT2D eigenvalue weighted by Crippen LogP contribution is 2.68. The number of alkyl halides is 5. The molecule has 10 nitrogen and oxygen atoms in total. The number of amides is 3. The lowest BCUT2D eigenvalue weighted by Crippen LogP contribution is -2.35. The predicted octanol–water partition coefficient (Wildman–Crippen LogP) is 5.50. The number of pyridine rings is 1. The van der Waals surface area contributed by atoms with Crippen LogP contribution < -0.4 is 16.8 Å². The van der Waals surface area contributed by atoms with Gasteiger partial charge in [-0.3, -0.25) is 19.1 Å². The molecule has 5 N–H and O–H groups in total. The van der Waals surface area contributed by atoms with Crippen LogP contribution in [0.4, 0.5) is 35.1 Å². The average Bonchev–Trinajstić information content (AvgIpc) is 3.47. The summed E-state index contributed by atoms with van der Waals surface area (Å²) in [6, 6.07) is 5.62. The van der Waals surface area contributed by atoms with Crippen molar-refractivity contribution in [3.8, 4) is 11.1 Å². The van der Waals surface area contributed by atoms with Crippen molar-refractivity contribution in [1.82, 2.24) is 25.1 Å². The fraction of sp³-hybridized carbons (Fsp3) is 0.250. The Kier molecular flexibility index (Phi) is 7.88. The molecular weight excluding hydrogens is 714 g/mol. The molecule has 3 amide bonds. The highest BCUT2D eigenvalue weighted by Gasteiger charge is 2.68. The van der Waals surface area contributed by atoms with Crippen molar-refractivity contribution in [2.24, 2.45) is 17.4 Å². The maximum Gasteiger partial charge on any atom is 0.435 e. The van der Waals surface area contributed by atoms with Crippen molar-refractivity contribution >= 4 is 39.4 Å². The van der Waals surface area contributed by atoms with Gasteiger partial charge in [0.05, 0.1) is 22.0 Å². The van der Waals surface area contributed by atoms with Crippen LogP contribution in [0.2, 0.25) is 0 Å². The number of hydrogen-bond acceptors (Lipinski definition) is 7. The van der Waals surface area contributed by atoms with Crippen LogP contribution in [0.3, 0.4) is 0 Å². The predicted molar refractivity (Wildman–Crippen MR) is 163 cm³/mol. The monoisotopic (exact) mass is 735 g/mol. The van der Waals surface area contributed by atoms with Crippen LogP contribution in [-0.2, 0) is 29.9 Å². The molecule has 0 bridgehead atoms. The molecule has 0 saturated heterocycles. The number of nitrogens with zero attached hydrogens (tertiary/aromatic N) is 4. The number of rotatable bonds is 9. The van der Waals surface area contributed by atoms with Gasteiger partial charge in [-0.15, -0.1) is 11.3 Å². The zero-order valence-electron chi connectivity index (χ0n) is 25.5. The Balaban J connectivity index is 1.35. The van der Waals surface area contributed by atoms with Gasteiger partial charge in [0.25, 0.3) is 17.7 Å². The number of halogens is 8. The summed E-state index contributed by atoms with van der Waals surface area (Å²) in [4.78, 5) is 46.1. The van der Waals surface area contributed by atoms with Crippen LogP contribution >= 0.6 is 11.3 Å². The molecule has 2 aromatic carbocycles. The summed E-state index contributed by atoms with van der Waals surface area (Å²) in [5, 5.41) is 5.68. The third-order valence-corrected chi connectivity index (χ3v) is 9.69. The van der Waals surface area contributed by atoms with Gasteiger partial charge in [-0.05, 0) is 60.2 Å². The number of primary amides is 2. The van der Waals surface area contributed by atoms with E-state index in [1.807, 2.05) is 0 Å². The minimum atomic E-state index is -5.09. The largest absolute Gasteiger partial charge is 0.435 e. The number of nitrogens with two attached hydrogens (primary N) is 2. The van der Waals surface area contributed by atoms with E-state index in [2.05, 4.69) is 20.4 Å². The molecule has 5 aromatic rings. The minimum absolute atomic E-state index is 0.0513. The Morgan fingerprint density at radius 2 is 1.71 bits per heavy atom. The van der Waals surface area contributed by atoms with Gasteiger partial charge in [-0.2, -0.15) is 27.1 Å². The lowest BCUT2D eigenvalue weighted by Gasteiger charge is -2.23. The summed E-state index contributed by atoms with van der Waals surface area (Å²) in [6.07, 6.45) is -5.71. The fourth-order valence-corrected chi connectivity index (χ4v) is 7.31. The number of hydrogen-bond donors (Lipinski definition) is 3. The second-order valence-electron chi connectivity index (χ2n) is 12.1. The first kappa shape index (κ1) is 34.0. The molecule has 264 valence electrons. The van der Waals surface area contributed by atoms with E-state index in [1.165, 1.54) is 12.1 Å². The molecule has 2 aliphatic carbocycles. The lowest BCUT2D eigenvalue weighted by molar-refractivity contribution is -0.142. The average molecular weight is 736 g/mol. The van der Waals surface area contributed by atoms with Gasteiger partial charge >= 0.3 is 6.18 Å². The second-order valence-corrected chi connectivity index (χ2v) is 13.2. The maximum absolute atomic E-state index is 15.2. The van der Waals surface area contributed by atoms with Gasteiger partial charge in [0.1, 0.15) is 29.7 Å². The maximum atomic E-state index is 15.2. The fourth-order valence-electron chi connectivity index (χ4n) is 6.51. The highest BCUT2D eigenvalue weighted by molar-refractivity contribution is 7.20. The van der Waals surface area contributed by atoms with E-state index < -0.39 is 101 Å². The molecule has 2 unspecified atom stereocenters. The minimum Gasteiger partial charge on any atom is -0.366 e. The van der Waals surface area contributed by atoms with Crippen molar-refractivity contribution in [1.29, 1.82) is 0 Å². The molecule has 1 fully saturated rings. The zero-order valence-corrected chi connectivity index (χ0v) is 26.3. The van der Waals surface area contributed by atoms with Gasteiger partial charge in [0, 0.05) is 23.1 Å². The quantitative estimate of drug-likeness (QED) is 0.170. The normalized spacial score (nSPS) is 18.0. The van der Waals surface area contributed by atoms with Crippen LogP contribution in [0.1, 0.15) is 66.7 Å². The molecule has 3 heterocycles. The number of carbonyl (C=O) groups is 3. The molecule has 0 spiro atoms. The summed E-state index contributed by atoms with van der Waals surface area (Å²) in [7, 11) is 0. The zero-order chi connectivity index (χ0) is 36.7. The van der Waals surface area contributed by atoms with Gasteiger partial charge in [-0.25, -0.2) is 23.1 Å². The van der Waals surface area contributed by atoms with Crippen molar-refractivity contribution in [3.63, 3.8) is 0 Å². The van der Waals surface area contributed by atoms with Crippen LogP contribution in [0.25, 0.3) is 21.5 Å². The number of fused-ring (bicyclic) bond motifs is 4. The molecule has 0 aliphatic heterocycles. The summed E-state index contributed by atoms with van der Waals surface area (Å²) in [5.74, 6) is -12.3. The molecule has 2 aliphatic rings. The molecule has 3 atom stereocenters. The molecule has 3 aromatic heterocycles. The standard InChI is InChI=1S/C32H21F8N7O3S/c33-13-3-11(4-14(34)7-13)5-20(43-22(48)10-47-26-23(25(46-47)32(38,39)40)16-8-18(16)31(26,36)37)24-15(12-1-2-19(35)17(6-12)27(41)49)9-21-29(44-24)45-30(51-21)28(42)50/h1-4,6-7,9,16,18,20H,5,8,10H2,(H2,41,49)(H2,42,50)(H,43,48)/t16-,18?,20?/m0/s1. The van der Waals surface area contributed by atoms with Crippen molar-refractivity contribution in [2.75, 3.05) is 0 Å². The summed E-state index contributed by atoms with van der Waals surface area (Å²) < 4.78 is 116. The van der Waals surface area contributed by atoms with Crippen LogP contribution in [0.15, 0.2) is 42.5 Å². The number of aromatic nitrogens is 4. The lowest BCUT2D eigenvalue weighted by atomic mass is 9.94. The van der Waals surface area contributed by atoms with Gasteiger partial charge in [0.15, 0.2) is 16.3 Å². The first-order valence-corrected chi connectivity index (χ1v) is 15.8. The van der Waals surface area contributed by atoms with E-state index in [4.69, 9.17) is 11.5 Å². The van der Waals surface area contributed by atoms with E-state index >= 15 is 8.78 Å². The Morgan fingerprint density at radius 3 is 2.35 bits per heavy atom. The molecule has 19 heteroatoms. The van der Waals surface area contributed by atoms with Gasteiger partial charge in [-0.1, -0.05) is 6.07 Å². The molecule has 1 saturated carbocycles. The Labute approximate surface area is 284 Å². The molecular formula is C32H21F8N7O3S. The third kappa shape index (κ3) is 6.04. The van der Waals surface area contributed by atoms with Crippen LogP contribution in [0.5, 0.6) is 0 Å². The third-order valence-electron chi connectivity index (χ3n) is 8.69. The van der Waals surface area contributed by atoms with E-state index in [9.17, 15) is 40.7 Å². The molecule has 51 heavy (non-hydrogen) atoms. The highest BCUT2D eigenvalue weighted by atomic mass is 32.1. The van der Waals surface area contributed by atoms with E-state index in [1.54, 1.807) is 0 Å². The molecule has 0 radical (unpaired) electrons. The van der Waals surface area contributed by atoms with Crippen molar-refractivity contribution in [3.05, 3.63) is 98.7 Å². The summed E-state index contributed by atoms with van der Waals surface area (Å²) >= 11 is 0.816. The summed E-state index contributed by atoms with van der Waals surface area (Å²) in [6.45, 7) is -1.12. The van der Waals surface area contributed by atoms with Crippen molar-refractivity contribution < 1.29 is 49.5 Å². The molecule has 7 rings (SSSR count). The van der Waals surface area contributed by atoms with Crippen LogP contribution in [0, 0.1) is 23.4 Å². The van der Waals surface area contributed by atoms with E-state index in [0.29, 0.717) is 10.7 Å². The van der Waals surface area contributed by atoms with Crippen LogP contribution in [-0.4, -0.2) is 37.5 Å². The van der Waals surface area contributed by atoms with Gasteiger partial charge < -0.3 is 16.8 Å². The number of nitrogens with one attached hydrogen (secondary N) is 1. The number of carbonyl (C=O) groups excluding carboxylic acids is 3. The summed E-state index contributed by atoms with van der Waals surface area (Å²) in [5.41, 5.74) is 6.85. The Bertz CT molecular complexity index is 2280. The van der Waals surface area contributed by atoms with Crippen molar-refractivity contribution in [2.45, 2.75) is 43.4 Å². The topological polar surface area (TPSA) is 159 Å². The van der Waals surface area contributed by atoms with E-state index in [-0.39, 0.29) is 44.2 Å². The number of benzene rings is 2. The number of thiazole rings is 1. The second kappa shape index (κ2) is 11.8. The van der Waals surface area contributed by atoms with E-state index in [0.717, 1.165) is 35.6 Å².